The Kier molecular flexibility index (Phi) is 4.80. The van der Waals surface area contributed by atoms with Crippen LogP contribution in [0.1, 0.15) is 26.3 Å². The van der Waals surface area contributed by atoms with E-state index in [0.29, 0.717) is 28.6 Å². The Labute approximate surface area is 175 Å². The SMILES string of the molecule is CC(C)(C)c1ccc2c(c1)N(S(C)(=O)=O)C[C@@H](C(=O)Nc1ccc3c(c1)OCO3)O2. The smallest absolute Gasteiger partial charge is 0.267 e. The van der Waals surface area contributed by atoms with Crippen LogP contribution in [0.2, 0.25) is 0 Å². The summed E-state index contributed by atoms with van der Waals surface area (Å²) in [4.78, 5) is 12.8. The van der Waals surface area contributed by atoms with Gasteiger partial charge in [-0.15, -0.1) is 0 Å². The number of rotatable bonds is 3. The Hall–Kier alpha value is -2.94. The minimum Gasteiger partial charge on any atom is -0.476 e. The Balaban J connectivity index is 1.61. The first kappa shape index (κ1) is 20.3. The van der Waals surface area contributed by atoms with Crippen molar-refractivity contribution in [2.75, 3.05) is 29.2 Å². The predicted molar refractivity (Wildman–Crippen MR) is 113 cm³/mol. The van der Waals surface area contributed by atoms with Crippen molar-refractivity contribution in [1.82, 2.24) is 0 Å². The summed E-state index contributed by atoms with van der Waals surface area (Å²) in [5.41, 5.74) is 1.76. The molecule has 0 aromatic heterocycles. The van der Waals surface area contributed by atoms with Gasteiger partial charge in [-0.2, -0.15) is 0 Å². The van der Waals surface area contributed by atoms with Gasteiger partial charge >= 0.3 is 0 Å². The largest absolute Gasteiger partial charge is 0.476 e. The van der Waals surface area contributed by atoms with Gasteiger partial charge in [0.15, 0.2) is 17.6 Å². The summed E-state index contributed by atoms with van der Waals surface area (Å²) in [7, 11) is -3.61. The third kappa shape index (κ3) is 3.89. The molecular weight excluding hydrogens is 408 g/mol. The second kappa shape index (κ2) is 7.09. The standard InChI is InChI=1S/C21H24N2O6S/c1-21(2,3)13-5-7-16-15(9-13)23(30(4,25)26)11-19(29-16)20(24)22-14-6-8-17-18(10-14)28-12-27-17/h5-10,19H,11-12H2,1-4H3,(H,22,24)/t19-/m0/s1. The number of amides is 1. The molecule has 1 amide bonds. The average Bonchev–Trinajstić information content (AvgIpc) is 3.13. The van der Waals surface area contributed by atoms with Crippen LogP contribution in [-0.2, 0) is 20.2 Å². The quantitative estimate of drug-likeness (QED) is 0.802. The second-order valence-corrected chi connectivity index (χ2v) is 10.3. The summed E-state index contributed by atoms with van der Waals surface area (Å²) in [5.74, 6) is 1.04. The summed E-state index contributed by atoms with van der Waals surface area (Å²) < 4.78 is 42.6. The zero-order valence-electron chi connectivity index (χ0n) is 17.3. The van der Waals surface area contributed by atoms with E-state index in [4.69, 9.17) is 14.2 Å². The van der Waals surface area contributed by atoms with Gasteiger partial charge in [0.05, 0.1) is 18.5 Å². The van der Waals surface area contributed by atoms with Crippen LogP contribution in [0.4, 0.5) is 11.4 Å². The van der Waals surface area contributed by atoms with Gasteiger partial charge in [0.2, 0.25) is 16.8 Å². The molecule has 0 aliphatic carbocycles. The molecule has 2 aromatic carbocycles. The molecule has 4 rings (SSSR count). The summed E-state index contributed by atoms with van der Waals surface area (Å²) in [6.07, 6.45) is 0.122. The first-order valence-corrected chi connectivity index (χ1v) is 11.4. The lowest BCUT2D eigenvalue weighted by Gasteiger charge is -2.35. The van der Waals surface area contributed by atoms with Crippen molar-refractivity contribution in [3.63, 3.8) is 0 Å². The van der Waals surface area contributed by atoms with Crippen LogP contribution in [0.15, 0.2) is 36.4 Å². The molecule has 30 heavy (non-hydrogen) atoms. The summed E-state index contributed by atoms with van der Waals surface area (Å²) >= 11 is 0. The fourth-order valence-corrected chi connectivity index (χ4v) is 4.27. The van der Waals surface area contributed by atoms with Gasteiger partial charge in [0.1, 0.15) is 5.75 Å². The molecule has 0 fully saturated rings. The van der Waals surface area contributed by atoms with Crippen LogP contribution < -0.4 is 23.8 Å². The van der Waals surface area contributed by atoms with E-state index in [1.54, 1.807) is 24.3 Å². The molecule has 160 valence electrons. The molecule has 9 heteroatoms. The zero-order chi connectivity index (χ0) is 21.7. The first-order valence-electron chi connectivity index (χ1n) is 9.52. The molecule has 2 heterocycles. The molecule has 2 aliphatic rings. The van der Waals surface area contributed by atoms with Crippen molar-refractivity contribution in [1.29, 1.82) is 0 Å². The molecule has 0 unspecified atom stereocenters. The molecule has 0 bridgehead atoms. The van der Waals surface area contributed by atoms with Crippen LogP contribution in [0, 0.1) is 0 Å². The van der Waals surface area contributed by atoms with Crippen molar-refractivity contribution in [2.24, 2.45) is 0 Å². The second-order valence-electron chi connectivity index (χ2n) is 8.39. The number of ether oxygens (including phenoxy) is 3. The van der Waals surface area contributed by atoms with Crippen LogP contribution in [0.25, 0.3) is 0 Å². The summed E-state index contributed by atoms with van der Waals surface area (Å²) in [5, 5.41) is 2.76. The molecule has 8 nitrogen and oxygen atoms in total. The Bertz CT molecular complexity index is 1110. The van der Waals surface area contributed by atoms with E-state index in [0.717, 1.165) is 11.8 Å². The zero-order valence-corrected chi connectivity index (χ0v) is 18.1. The normalized spacial score (nSPS) is 17.9. The van der Waals surface area contributed by atoms with E-state index >= 15 is 0 Å². The van der Waals surface area contributed by atoms with Crippen LogP contribution in [-0.4, -0.2) is 40.0 Å². The highest BCUT2D eigenvalue weighted by molar-refractivity contribution is 7.92. The summed E-state index contributed by atoms with van der Waals surface area (Å²) in [6, 6.07) is 10.5. The number of carbonyl (C=O) groups excluding carboxylic acids is 1. The molecule has 2 aliphatic heterocycles. The molecule has 2 aromatic rings. The number of carbonyl (C=O) groups is 1. The maximum Gasteiger partial charge on any atom is 0.267 e. The molecule has 1 atom stereocenters. The highest BCUT2D eigenvalue weighted by Crippen LogP contribution is 2.39. The van der Waals surface area contributed by atoms with Crippen LogP contribution >= 0.6 is 0 Å². The highest BCUT2D eigenvalue weighted by Gasteiger charge is 2.36. The van der Waals surface area contributed by atoms with Crippen molar-refractivity contribution in [3.8, 4) is 17.2 Å². The Morgan fingerprint density at radius 2 is 1.77 bits per heavy atom. The third-order valence-electron chi connectivity index (χ3n) is 5.03. The first-order chi connectivity index (χ1) is 14.0. The fraction of sp³-hybridized carbons (Fsp3) is 0.381. The topological polar surface area (TPSA) is 94.2 Å². The third-order valence-corrected chi connectivity index (χ3v) is 6.17. The average molecular weight is 432 g/mol. The van der Waals surface area contributed by atoms with Gasteiger partial charge in [-0.25, -0.2) is 8.42 Å². The van der Waals surface area contributed by atoms with E-state index in [1.165, 1.54) is 4.31 Å². The minimum atomic E-state index is -3.61. The number of benzene rings is 2. The van der Waals surface area contributed by atoms with Crippen molar-refractivity contribution in [3.05, 3.63) is 42.0 Å². The lowest BCUT2D eigenvalue weighted by molar-refractivity contribution is -0.122. The molecule has 0 radical (unpaired) electrons. The van der Waals surface area contributed by atoms with E-state index in [2.05, 4.69) is 5.32 Å². The monoisotopic (exact) mass is 432 g/mol. The van der Waals surface area contributed by atoms with Crippen molar-refractivity contribution >= 4 is 27.3 Å². The number of nitrogens with one attached hydrogen (secondary N) is 1. The van der Waals surface area contributed by atoms with Gasteiger partial charge < -0.3 is 19.5 Å². The number of nitrogens with zero attached hydrogens (tertiary/aromatic N) is 1. The summed E-state index contributed by atoms with van der Waals surface area (Å²) in [6.45, 7) is 6.16. The maximum absolute atomic E-state index is 12.8. The van der Waals surface area contributed by atoms with E-state index in [9.17, 15) is 13.2 Å². The lowest BCUT2D eigenvalue weighted by atomic mass is 9.86. The number of hydrogen-bond donors (Lipinski definition) is 1. The lowest BCUT2D eigenvalue weighted by Crippen LogP contribution is -2.48. The molecular formula is C21H24N2O6S. The maximum atomic E-state index is 12.8. The van der Waals surface area contributed by atoms with E-state index in [-0.39, 0.29) is 18.8 Å². The van der Waals surface area contributed by atoms with Crippen molar-refractivity contribution < 1.29 is 27.4 Å². The number of sulfonamides is 1. The molecule has 1 N–H and O–H groups in total. The number of fused-ring (bicyclic) bond motifs is 2. The molecule has 0 saturated heterocycles. The van der Waals surface area contributed by atoms with Crippen molar-refractivity contribution in [2.45, 2.75) is 32.3 Å². The van der Waals surface area contributed by atoms with Gasteiger partial charge in [0.25, 0.3) is 5.91 Å². The van der Waals surface area contributed by atoms with Gasteiger partial charge in [0, 0.05) is 11.8 Å². The van der Waals surface area contributed by atoms with Gasteiger partial charge in [-0.1, -0.05) is 26.8 Å². The number of anilines is 2. The molecule has 0 saturated carbocycles. The Morgan fingerprint density at radius 3 is 2.47 bits per heavy atom. The fourth-order valence-electron chi connectivity index (χ4n) is 3.37. The predicted octanol–water partition coefficient (Wildman–Crippen LogP) is 2.88. The number of hydrogen-bond acceptors (Lipinski definition) is 6. The Morgan fingerprint density at radius 1 is 1.07 bits per heavy atom. The van der Waals surface area contributed by atoms with E-state index < -0.39 is 22.0 Å². The minimum absolute atomic E-state index is 0.115. The van der Waals surface area contributed by atoms with Gasteiger partial charge in [-0.3, -0.25) is 9.10 Å². The van der Waals surface area contributed by atoms with Gasteiger partial charge in [-0.05, 0) is 35.2 Å². The van der Waals surface area contributed by atoms with Crippen LogP contribution in [0.5, 0.6) is 17.2 Å². The van der Waals surface area contributed by atoms with E-state index in [1.807, 2.05) is 32.9 Å². The highest BCUT2D eigenvalue weighted by atomic mass is 32.2. The molecule has 0 spiro atoms. The van der Waals surface area contributed by atoms with Crippen LogP contribution in [0.3, 0.4) is 0 Å².